The van der Waals surface area contributed by atoms with E-state index in [-0.39, 0.29) is 5.91 Å². The van der Waals surface area contributed by atoms with Gasteiger partial charge in [0.2, 0.25) is 0 Å². The predicted molar refractivity (Wildman–Crippen MR) is 96.9 cm³/mol. The molecule has 3 rings (SSSR count). The van der Waals surface area contributed by atoms with Crippen LogP contribution in [0.1, 0.15) is 33.0 Å². The van der Waals surface area contributed by atoms with Crippen molar-refractivity contribution >= 4 is 11.7 Å². The number of carbonyl (C=O) groups is 1. The standard InChI is InChI=1S/C20H21N3O/c1-13-8-5-6-10-18(13)23-15(3)12-17(16(23)4)20(24)22-19-11-7-9-14(2)21-19/h5-12H,1-4H3,(H,21,22,24). The summed E-state index contributed by atoms with van der Waals surface area (Å²) < 4.78 is 2.12. The molecule has 0 aliphatic carbocycles. The molecule has 0 saturated heterocycles. The van der Waals surface area contributed by atoms with Gasteiger partial charge in [0.15, 0.2) is 0 Å². The zero-order valence-electron chi connectivity index (χ0n) is 14.4. The molecule has 3 aromatic rings. The predicted octanol–water partition coefficient (Wildman–Crippen LogP) is 4.36. The van der Waals surface area contributed by atoms with Gasteiger partial charge in [0.1, 0.15) is 5.82 Å². The lowest BCUT2D eigenvalue weighted by Gasteiger charge is -2.12. The molecule has 0 aliphatic heterocycles. The number of hydrogen-bond acceptors (Lipinski definition) is 2. The third-order valence-electron chi connectivity index (χ3n) is 4.16. The maximum absolute atomic E-state index is 12.7. The number of rotatable bonds is 3. The van der Waals surface area contributed by atoms with Crippen molar-refractivity contribution < 1.29 is 4.79 Å². The second-order valence-corrected chi connectivity index (χ2v) is 6.03. The number of hydrogen-bond donors (Lipinski definition) is 1. The Hall–Kier alpha value is -2.88. The molecule has 0 radical (unpaired) electrons. The number of anilines is 1. The summed E-state index contributed by atoms with van der Waals surface area (Å²) >= 11 is 0. The van der Waals surface area contributed by atoms with Gasteiger partial charge in [0.25, 0.3) is 5.91 Å². The van der Waals surface area contributed by atoms with Crippen LogP contribution in [-0.2, 0) is 0 Å². The Morgan fingerprint density at radius 1 is 1.00 bits per heavy atom. The van der Waals surface area contributed by atoms with Crippen molar-refractivity contribution in [2.24, 2.45) is 0 Å². The summed E-state index contributed by atoms with van der Waals surface area (Å²) in [6.07, 6.45) is 0. The van der Waals surface area contributed by atoms with Crippen LogP contribution >= 0.6 is 0 Å². The summed E-state index contributed by atoms with van der Waals surface area (Å²) in [6, 6.07) is 15.7. The minimum Gasteiger partial charge on any atom is -0.317 e. The van der Waals surface area contributed by atoms with Crippen LogP contribution in [-0.4, -0.2) is 15.5 Å². The van der Waals surface area contributed by atoms with Crippen LogP contribution in [0.5, 0.6) is 0 Å². The first kappa shape index (κ1) is 16.0. The molecule has 0 fully saturated rings. The van der Waals surface area contributed by atoms with Gasteiger partial charge in [-0.3, -0.25) is 4.79 Å². The number of nitrogens with zero attached hydrogens (tertiary/aromatic N) is 2. The zero-order chi connectivity index (χ0) is 17.3. The molecular weight excluding hydrogens is 298 g/mol. The molecule has 2 heterocycles. The smallest absolute Gasteiger partial charge is 0.258 e. The van der Waals surface area contributed by atoms with E-state index in [1.54, 1.807) is 6.07 Å². The van der Waals surface area contributed by atoms with E-state index in [0.717, 1.165) is 22.8 Å². The average molecular weight is 319 g/mol. The van der Waals surface area contributed by atoms with Gasteiger partial charge in [-0.1, -0.05) is 24.3 Å². The Labute approximate surface area is 142 Å². The van der Waals surface area contributed by atoms with Crippen LogP contribution < -0.4 is 5.32 Å². The number of para-hydroxylation sites is 1. The maximum Gasteiger partial charge on any atom is 0.258 e. The fourth-order valence-corrected chi connectivity index (χ4v) is 2.97. The normalized spacial score (nSPS) is 10.7. The zero-order valence-corrected chi connectivity index (χ0v) is 14.4. The van der Waals surface area contributed by atoms with Crippen LogP contribution in [0.15, 0.2) is 48.5 Å². The highest BCUT2D eigenvalue weighted by atomic mass is 16.1. The third-order valence-corrected chi connectivity index (χ3v) is 4.16. The lowest BCUT2D eigenvalue weighted by Crippen LogP contribution is -2.14. The summed E-state index contributed by atoms with van der Waals surface area (Å²) in [5.41, 5.74) is 5.76. The minimum absolute atomic E-state index is 0.138. The van der Waals surface area contributed by atoms with Crippen molar-refractivity contribution in [2.75, 3.05) is 5.32 Å². The Morgan fingerprint density at radius 3 is 2.46 bits per heavy atom. The van der Waals surface area contributed by atoms with Gasteiger partial charge in [-0.05, 0) is 57.5 Å². The van der Waals surface area contributed by atoms with Gasteiger partial charge in [-0.2, -0.15) is 0 Å². The van der Waals surface area contributed by atoms with Crippen LogP contribution in [0.25, 0.3) is 5.69 Å². The maximum atomic E-state index is 12.7. The monoisotopic (exact) mass is 319 g/mol. The number of amides is 1. The van der Waals surface area contributed by atoms with Gasteiger partial charge < -0.3 is 9.88 Å². The molecule has 1 N–H and O–H groups in total. The van der Waals surface area contributed by atoms with Crippen LogP contribution in [0.3, 0.4) is 0 Å². The number of benzene rings is 1. The van der Waals surface area contributed by atoms with Crippen molar-refractivity contribution in [3.05, 3.63) is 76.7 Å². The van der Waals surface area contributed by atoms with Crippen molar-refractivity contribution in [3.63, 3.8) is 0 Å². The Morgan fingerprint density at radius 2 is 1.75 bits per heavy atom. The quantitative estimate of drug-likeness (QED) is 0.780. The molecule has 0 saturated carbocycles. The molecule has 0 spiro atoms. The van der Waals surface area contributed by atoms with Gasteiger partial charge in [0.05, 0.1) is 5.56 Å². The minimum atomic E-state index is -0.138. The molecule has 24 heavy (non-hydrogen) atoms. The second kappa shape index (κ2) is 6.32. The van der Waals surface area contributed by atoms with E-state index in [0.29, 0.717) is 11.4 Å². The van der Waals surface area contributed by atoms with Crippen LogP contribution in [0, 0.1) is 27.7 Å². The second-order valence-electron chi connectivity index (χ2n) is 6.03. The fraction of sp³-hybridized carbons (Fsp3) is 0.200. The fourth-order valence-electron chi connectivity index (χ4n) is 2.97. The summed E-state index contributed by atoms with van der Waals surface area (Å²) in [6.45, 7) is 7.96. The molecule has 1 aromatic carbocycles. The molecule has 0 aliphatic rings. The Kier molecular flexibility index (Phi) is 4.21. The highest BCUT2D eigenvalue weighted by molar-refractivity contribution is 6.05. The molecule has 4 heteroatoms. The molecule has 0 atom stereocenters. The number of nitrogens with one attached hydrogen (secondary N) is 1. The molecule has 1 amide bonds. The van der Waals surface area contributed by atoms with Gasteiger partial charge in [0, 0.05) is 22.8 Å². The van der Waals surface area contributed by atoms with Crippen molar-refractivity contribution in [2.45, 2.75) is 27.7 Å². The first-order valence-electron chi connectivity index (χ1n) is 7.97. The van der Waals surface area contributed by atoms with E-state index in [4.69, 9.17) is 0 Å². The summed E-state index contributed by atoms with van der Waals surface area (Å²) in [4.78, 5) is 17.0. The van der Waals surface area contributed by atoms with E-state index < -0.39 is 0 Å². The first-order valence-corrected chi connectivity index (χ1v) is 7.97. The summed E-state index contributed by atoms with van der Waals surface area (Å²) in [7, 11) is 0. The first-order chi connectivity index (χ1) is 11.5. The van der Waals surface area contributed by atoms with Crippen LogP contribution in [0.4, 0.5) is 5.82 Å². The number of pyridine rings is 1. The number of aryl methyl sites for hydroxylation is 3. The molecule has 0 unspecified atom stereocenters. The van der Waals surface area contributed by atoms with E-state index >= 15 is 0 Å². The van der Waals surface area contributed by atoms with E-state index in [2.05, 4.69) is 33.9 Å². The van der Waals surface area contributed by atoms with E-state index in [1.807, 2.05) is 51.1 Å². The lowest BCUT2D eigenvalue weighted by molar-refractivity contribution is 0.102. The molecule has 122 valence electrons. The third kappa shape index (κ3) is 2.95. The van der Waals surface area contributed by atoms with Gasteiger partial charge in [-0.15, -0.1) is 0 Å². The van der Waals surface area contributed by atoms with E-state index in [1.165, 1.54) is 5.56 Å². The van der Waals surface area contributed by atoms with Crippen molar-refractivity contribution in [3.8, 4) is 5.69 Å². The SMILES string of the molecule is Cc1cccc(NC(=O)c2cc(C)n(-c3ccccc3C)c2C)n1. The van der Waals surface area contributed by atoms with Crippen molar-refractivity contribution in [1.82, 2.24) is 9.55 Å². The molecule has 2 aromatic heterocycles. The summed E-state index contributed by atoms with van der Waals surface area (Å²) in [5, 5.41) is 2.88. The Bertz CT molecular complexity index is 909. The van der Waals surface area contributed by atoms with Crippen molar-refractivity contribution in [1.29, 1.82) is 0 Å². The van der Waals surface area contributed by atoms with E-state index in [9.17, 15) is 4.79 Å². The molecule has 4 nitrogen and oxygen atoms in total. The molecular formula is C20H21N3O. The highest BCUT2D eigenvalue weighted by Crippen LogP contribution is 2.23. The summed E-state index contributed by atoms with van der Waals surface area (Å²) in [5.74, 6) is 0.432. The van der Waals surface area contributed by atoms with Crippen LogP contribution in [0.2, 0.25) is 0 Å². The van der Waals surface area contributed by atoms with Gasteiger partial charge in [-0.25, -0.2) is 4.98 Å². The number of aromatic nitrogens is 2. The average Bonchev–Trinajstić information content (AvgIpc) is 2.83. The lowest BCUT2D eigenvalue weighted by atomic mass is 10.2. The molecule has 0 bridgehead atoms. The Balaban J connectivity index is 1.97. The largest absolute Gasteiger partial charge is 0.317 e. The highest BCUT2D eigenvalue weighted by Gasteiger charge is 2.17. The topological polar surface area (TPSA) is 46.9 Å². The number of carbonyl (C=O) groups excluding carboxylic acids is 1. The van der Waals surface area contributed by atoms with Gasteiger partial charge >= 0.3 is 0 Å².